The number of hydrogen-bond acceptors (Lipinski definition) is 7. The predicted molar refractivity (Wildman–Crippen MR) is 130 cm³/mol. The zero-order valence-corrected chi connectivity index (χ0v) is 20.8. The molecule has 2 fully saturated rings. The maximum Gasteiger partial charge on any atom is 0.345 e. The number of hydrogen-bond donors (Lipinski definition) is 0. The molecule has 9 heteroatoms. The summed E-state index contributed by atoms with van der Waals surface area (Å²) in [6.07, 6.45) is 5.50. The Balaban J connectivity index is 1.45. The van der Waals surface area contributed by atoms with Gasteiger partial charge in [0.05, 0.1) is 12.9 Å². The van der Waals surface area contributed by atoms with E-state index in [0.717, 1.165) is 36.9 Å². The molecule has 0 N–H and O–H groups in total. The van der Waals surface area contributed by atoms with Gasteiger partial charge in [-0.2, -0.15) is 11.3 Å². The number of rotatable bonds is 6. The number of amides is 2. The summed E-state index contributed by atoms with van der Waals surface area (Å²) in [5.41, 5.74) is 2.09. The van der Waals surface area contributed by atoms with Crippen molar-refractivity contribution in [2.45, 2.75) is 45.2 Å². The van der Waals surface area contributed by atoms with Crippen molar-refractivity contribution in [2.24, 2.45) is 5.92 Å². The second kappa shape index (κ2) is 10.3. The molecule has 2 unspecified atom stereocenters. The van der Waals surface area contributed by atoms with Crippen molar-refractivity contribution >= 4 is 29.1 Å². The number of carbonyl (C=O) groups excluding carboxylic acids is 3. The first-order valence-electron chi connectivity index (χ1n) is 12.4. The van der Waals surface area contributed by atoms with Gasteiger partial charge in [0.1, 0.15) is 5.57 Å². The summed E-state index contributed by atoms with van der Waals surface area (Å²) < 4.78 is 10.7. The van der Waals surface area contributed by atoms with E-state index in [9.17, 15) is 14.4 Å². The van der Waals surface area contributed by atoms with Crippen LogP contribution in [0.1, 0.15) is 48.7 Å². The number of carbonyl (C=O) groups is 3. The Kier molecular flexibility index (Phi) is 6.95. The molecule has 2 aliphatic heterocycles. The van der Waals surface area contributed by atoms with Crippen LogP contribution in [0.15, 0.2) is 50.9 Å². The van der Waals surface area contributed by atoms with Crippen molar-refractivity contribution in [3.05, 3.63) is 57.8 Å². The van der Waals surface area contributed by atoms with Crippen LogP contribution in [0.2, 0.25) is 0 Å². The molecule has 0 bridgehead atoms. The Hall–Kier alpha value is -3.07. The average molecular weight is 498 g/mol. The molecule has 1 saturated carbocycles. The predicted octanol–water partition coefficient (Wildman–Crippen LogP) is 3.52. The van der Waals surface area contributed by atoms with Crippen LogP contribution in [0, 0.1) is 5.92 Å². The maximum absolute atomic E-state index is 13.9. The van der Waals surface area contributed by atoms with Crippen LogP contribution in [0.25, 0.3) is 0 Å². The summed E-state index contributed by atoms with van der Waals surface area (Å²) in [6, 6.07) is 5.48. The first kappa shape index (κ1) is 23.7. The molecule has 35 heavy (non-hydrogen) atoms. The number of ether oxygens (including phenoxy) is 1. The minimum atomic E-state index is -0.541. The van der Waals surface area contributed by atoms with Gasteiger partial charge in [-0.25, -0.2) is 4.79 Å². The van der Waals surface area contributed by atoms with Crippen LogP contribution < -0.4 is 0 Å². The largest absolute Gasteiger partial charge is 0.462 e. The summed E-state index contributed by atoms with van der Waals surface area (Å²) in [6.45, 7) is 4.61. The third-order valence-electron chi connectivity index (χ3n) is 7.26. The summed E-state index contributed by atoms with van der Waals surface area (Å²) in [4.78, 5) is 45.6. The molecule has 2 aromatic heterocycles. The third kappa shape index (κ3) is 4.61. The normalized spacial score (nSPS) is 22.9. The molecule has 0 radical (unpaired) electrons. The van der Waals surface area contributed by atoms with Crippen LogP contribution in [-0.2, 0) is 20.9 Å². The zero-order valence-electron chi connectivity index (χ0n) is 20.0. The number of thiophene rings is 1. The van der Waals surface area contributed by atoms with Gasteiger partial charge < -0.3 is 23.9 Å². The molecular formula is C26H31N3O5S. The van der Waals surface area contributed by atoms with E-state index in [2.05, 4.69) is 10.3 Å². The lowest BCUT2D eigenvalue weighted by atomic mass is 9.76. The first-order chi connectivity index (χ1) is 17.1. The lowest BCUT2D eigenvalue weighted by Gasteiger charge is -2.49. The van der Waals surface area contributed by atoms with Crippen LogP contribution in [0.4, 0.5) is 0 Å². The highest BCUT2D eigenvalue weighted by atomic mass is 32.1. The summed E-state index contributed by atoms with van der Waals surface area (Å²) in [5, 5.41) is 4.07. The molecule has 186 valence electrons. The minimum Gasteiger partial charge on any atom is -0.462 e. The number of piperazine rings is 1. The van der Waals surface area contributed by atoms with Crippen LogP contribution in [0.3, 0.4) is 0 Å². The lowest BCUT2D eigenvalue weighted by molar-refractivity contribution is -0.145. The third-order valence-corrected chi connectivity index (χ3v) is 8.00. The Labute approximate surface area is 209 Å². The van der Waals surface area contributed by atoms with Gasteiger partial charge in [0.25, 0.3) is 11.8 Å². The number of furan rings is 1. The number of esters is 1. The summed E-state index contributed by atoms with van der Waals surface area (Å²) in [7, 11) is 0. The Bertz CT molecular complexity index is 1090. The Morgan fingerprint density at radius 3 is 2.63 bits per heavy atom. The molecule has 8 nitrogen and oxygen atoms in total. The van der Waals surface area contributed by atoms with E-state index in [0.29, 0.717) is 38.5 Å². The van der Waals surface area contributed by atoms with Gasteiger partial charge in [-0.3, -0.25) is 9.59 Å². The fourth-order valence-electron chi connectivity index (χ4n) is 5.66. The molecule has 2 atom stereocenters. The molecule has 0 aromatic carbocycles. The van der Waals surface area contributed by atoms with Crippen molar-refractivity contribution < 1.29 is 23.5 Å². The molecule has 1 saturated heterocycles. The molecule has 5 rings (SSSR count). The second-order valence-electron chi connectivity index (χ2n) is 9.26. The van der Waals surface area contributed by atoms with Crippen LogP contribution in [-0.4, -0.2) is 71.3 Å². The standard InChI is InChI=1S/C26H31N3O5S/c1-2-33-26(32)22-23(27-10-12-28(13-11-27)24(30)21-8-5-14-34-21)19-6-3-4-7-20(19)29(25(22)31)16-18-9-15-35-17-18/h5,8-9,14-15,17,19-20H,2-4,6-7,10-13,16H2,1H3. The van der Waals surface area contributed by atoms with E-state index in [4.69, 9.17) is 9.15 Å². The fourth-order valence-corrected chi connectivity index (χ4v) is 6.31. The smallest absolute Gasteiger partial charge is 0.345 e. The molecule has 0 spiro atoms. The molecule has 4 heterocycles. The number of fused-ring (bicyclic) bond motifs is 1. The van der Waals surface area contributed by atoms with Gasteiger partial charge in [-0.15, -0.1) is 0 Å². The highest BCUT2D eigenvalue weighted by Gasteiger charge is 2.47. The summed E-state index contributed by atoms with van der Waals surface area (Å²) in [5.74, 6) is -0.491. The number of nitrogens with zero attached hydrogens (tertiary/aromatic N) is 3. The van der Waals surface area contributed by atoms with Gasteiger partial charge in [0, 0.05) is 50.4 Å². The van der Waals surface area contributed by atoms with E-state index < -0.39 is 5.97 Å². The second-order valence-corrected chi connectivity index (χ2v) is 10.0. The first-order valence-corrected chi connectivity index (χ1v) is 13.3. The Morgan fingerprint density at radius 1 is 1.14 bits per heavy atom. The van der Waals surface area contributed by atoms with Gasteiger partial charge in [0.15, 0.2) is 5.76 Å². The van der Waals surface area contributed by atoms with E-state index in [1.54, 1.807) is 35.3 Å². The SMILES string of the molecule is CCOC(=O)C1=C(N2CCN(C(=O)c3ccco3)CC2)C2CCCCC2N(Cc2ccsc2)C1=O. The summed E-state index contributed by atoms with van der Waals surface area (Å²) >= 11 is 1.61. The van der Waals surface area contributed by atoms with E-state index >= 15 is 0 Å². The quantitative estimate of drug-likeness (QED) is 0.449. The van der Waals surface area contributed by atoms with Gasteiger partial charge in [0.2, 0.25) is 0 Å². The minimum absolute atomic E-state index is 0.0621. The van der Waals surface area contributed by atoms with Crippen molar-refractivity contribution in [1.82, 2.24) is 14.7 Å². The van der Waals surface area contributed by atoms with Crippen molar-refractivity contribution in [1.29, 1.82) is 0 Å². The highest BCUT2D eigenvalue weighted by molar-refractivity contribution is 7.07. The monoisotopic (exact) mass is 497 g/mol. The molecule has 3 aliphatic rings. The lowest BCUT2D eigenvalue weighted by Crippen LogP contribution is -2.57. The highest BCUT2D eigenvalue weighted by Crippen LogP contribution is 2.42. The maximum atomic E-state index is 13.9. The fraction of sp³-hybridized carbons (Fsp3) is 0.500. The van der Waals surface area contributed by atoms with E-state index in [1.165, 1.54) is 6.26 Å². The Morgan fingerprint density at radius 2 is 1.94 bits per heavy atom. The van der Waals surface area contributed by atoms with Gasteiger partial charge in [-0.05, 0) is 54.3 Å². The molecule has 2 aromatic rings. The topological polar surface area (TPSA) is 83.3 Å². The zero-order chi connectivity index (χ0) is 24.4. The molecule has 2 amide bonds. The molecular weight excluding hydrogens is 466 g/mol. The van der Waals surface area contributed by atoms with Crippen molar-refractivity contribution in [3.8, 4) is 0 Å². The van der Waals surface area contributed by atoms with Crippen LogP contribution in [0.5, 0.6) is 0 Å². The average Bonchev–Trinajstić information content (AvgIpc) is 3.60. The molecule has 1 aliphatic carbocycles. The van der Waals surface area contributed by atoms with Gasteiger partial charge >= 0.3 is 5.97 Å². The van der Waals surface area contributed by atoms with E-state index in [1.807, 2.05) is 16.3 Å². The van der Waals surface area contributed by atoms with Crippen LogP contribution >= 0.6 is 11.3 Å². The van der Waals surface area contributed by atoms with Crippen molar-refractivity contribution in [3.63, 3.8) is 0 Å². The van der Waals surface area contributed by atoms with Crippen molar-refractivity contribution in [2.75, 3.05) is 32.8 Å². The van der Waals surface area contributed by atoms with E-state index in [-0.39, 0.29) is 36.0 Å². The van der Waals surface area contributed by atoms with Gasteiger partial charge in [-0.1, -0.05) is 12.8 Å².